The lowest BCUT2D eigenvalue weighted by atomic mass is 9.90. The number of benzene rings is 2. The third kappa shape index (κ3) is 6.50. The molecule has 1 heterocycles. The minimum atomic E-state index is -4.60. The minimum Gasteiger partial charge on any atom is -0.485 e. The van der Waals surface area contributed by atoms with Gasteiger partial charge in [-0.2, -0.15) is 0 Å². The topological polar surface area (TPSA) is 136 Å². The molecule has 1 atom stereocenters. The van der Waals surface area contributed by atoms with Crippen LogP contribution in [0.2, 0.25) is 0 Å². The van der Waals surface area contributed by atoms with Crippen LogP contribution >= 0.6 is 7.82 Å². The number of phosphoric acid groups is 1. The van der Waals surface area contributed by atoms with Crippen LogP contribution in [0.4, 0.5) is 0 Å². The predicted molar refractivity (Wildman–Crippen MR) is 111 cm³/mol. The zero-order valence-corrected chi connectivity index (χ0v) is 18.2. The van der Waals surface area contributed by atoms with Gasteiger partial charge in [-0.05, 0) is 63.6 Å². The van der Waals surface area contributed by atoms with Crippen molar-refractivity contribution in [3.63, 3.8) is 0 Å². The molecule has 0 saturated carbocycles. The van der Waals surface area contributed by atoms with Crippen molar-refractivity contribution >= 4 is 19.5 Å². The number of fused-ring (bicyclic) bond motifs is 1. The zero-order chi connectivity index (χ0) is 22.7. The molecule has 0 spiro atoms. The van der Waals surface area contributed by atoms with E-state index in [9.17, 15) is 14.2 Å². The fourth-order valence-electron chi connectivity index (χ4n) is 2.98. The maximum atomic E-state index is 11.4. The predicted octanol–water partition coefficient (Wildman–Crippen LogP) is 3.17. The number of ketones is 1. The van der Waals surface area contributed by atoms with Crippen molar-refractivity contribution in [3.05, 3.63) is 64.7 Å². The third-order valence-electron chi connectivity index (χ3n) is 4.59. The molecular weight excluding hydrogens is 409 g/mol. The van der Waals surface area contributed by atoms with Crippen molar-refractivity contribution in [1.82, 2.24) is 0 Å². The molecule has 0 bridgehead atoms. The smallest absolute Gasteiger partial charge is 0.470 e. The number of ether oxygens (including phenoxy) is 1. The van der Waals surface area contributed by atoms with Gasteiger partial charge in [-0.3, -0.25) is 14.1 Å². The number of phosphoric ester groups is 1. The lowest BCUT2D eigenvalue weighted by molar-refractivity contribution is -0.0391. The first-order valence-corrected chi connectivity index (χ1v) is 10.7. The lowest BCUT2D eigenvalue weighted by Crippen LogP contribution is -2.47. The van der Waals surface area contributed by atoms with Gasteiger partial charge in [-0.25, -0.2) is 4.57 Å². The maximum absolute atomic E-state index is 11.4. The molecule has 0 fully saturated rings. The summed E-state index contributed by atoms with van der Waals surface area (Å²) in [6.07, 6.45) is -0.521. The van der Waals surface area contributed by atoms with Gasteiger partial charge in [0.1, 0.15) is 17.5 Å². The third-order valence-corrected chi connectivity index (χ3v) is 5.12. The summed E-state index contributed by atoms with van der Waals surface area (Å²) >= 11 is 0. The second-order valence-corrected chi connectivity index (χ2v) is 8.80. The number of carbonyl (C=O) groups is 2. The molecule has 0 radical (unpaired) electrons. The highest BCUT2D eigenvalue weighted by Crippen LogP contribution is 2.44. The number of rotatable bonds is 4. The molecule has 2 aromatic carbocycles. The van der Waals surface area contributed by atoms with Crippen LogP contribution in [0.25, 0.3) is 0 Å². The highest BCUT2D eigenvalue weighted by atomic mass is 31.2. The van der Waals surface area contributed by atoms with Crippen LogP contribution in [0, 0.1) is 6.92 Å². The van der Waals surface area contributed by atoms with Crippen molar-refractivity contribution in [2.75, 3.05) is 0 Å². The molecule has 9 heteroatoms. The van der Waals surface area contributed by atoms with Crippen LogP contribution in [0.3, 0.4) is 0 Å². The first-order chi connectivity index (χ1) is 13.8. The van der Waals surface area contributed by atoms with Crippen molar-refractivity contribution in [2.24, 2.45) is 5.73 Å². The Morgan fingerprint density at radius 1 is 1.17 bits per heavy atom. The molecule has 4 N–H and O–H groups in total. The highest BCUT2D eigenvalue weighted by molar-refractivity contribution is 7.46. The second-order valence-electron chi connectivity index (χ2n) is 7.61. The van der Waals surface area contributed by atoms with E-state index in [1.54, 1.807) is 44.2 Å². The van der Waals surface area contributed by atoms with Crippen LogP contribution in [0.5, 0.6) is 5.75 Å². The highest BCUT2D eigenvalue weighted by Gasteiger charge is 2.41. The molecule has 2 aromatic rings. The lowest BCUT2D eigenvalue weighted by Gasteiger charge is -2.39. The van der Waals surface area contributed by atoms with Crippen LogP contribution < -0.4 is 10.5 Å². The molecule has 162 valence electrons. The molecule has 1 aliphatic rings. The van der Waals surface area contributed by atoms with Gasteiger partial charge in [0.25, 0.3) is 0 Å². The van der Waals surface area contributed by atoms with Gasteiger partial charge in [0.05, 0.1) is 0 Å². The van der Waals surface area contributed by atoms with Crippen molar-refractivity contribution in [3.8, 4) is 5.75 Å². The van der Waals surface area contributed by atoms with Crippen molar-refractivity contribution in [1.29, 1.82) is 0 Å². The number of carbonyl (C=O) groups excluding carboxylic acids is 2. The van der Waals surface area contributed by atoms with Gasteiger partial charge in [0.15, 0.2) is 5.78 Å². The fourth-order valence-corrected chi connectivity index (χ4v) is 3.64. The molecule has 30 heavy (non-hydrogen) atoms. The van der Waals surface area contributed by atoms with Crippen LogP contribution in [-0.4, -0.2) is 33.2 Å². The molecule has 3 rings (SSSR count). The number of nitrogens with two attached hydrogens (primary N) is 1. The Morgan fingerprint density at radius 3 is 2.33 bits per heavy atom. The van der Waals surface area contributed by atoms with Gasteiger partial charge >= 0.3 is 7.82 Å². The van der Waals surface area contributed by atoms with Crippen molar-refractivity contribution in [2.45, 2.75) is 45.8 Å². The zero-order valence-electron chi connectivity index (χ0n) is 17.3. The molecular formula is C21H26NO7P. The number of aryl methyl sites for hydroxylation is 1. The average molecular weight is 435 g/mol. The summed E-state index contributed by atoms with van der Waals surface area (Å²) in [7, 11) is -4.60. The summed E-state index contributed by atoms with van der Waals surface area (Å²) < 4.78 is 21.6. The molecule has 0 aliphatic carbocycles. The molecule has 1 amide bonds. The molecule has 1 aliphatic heterocycles. The molecule has 0 saturated heterocycles. The summed E-state index contributed by atoms with van der Waals surface area (Å²) in [6.45, 7) is 6.79. The quantitative estimate of drug-likeness (QED) is 0.496. The van der Waals surface area contributed by atoms with E-state index >= 15 is 0 Å². The van der Waals surface area contributed by atoms with Gasteiger partial charge in [0.2, 0.25) is 5.91 Å². The standard InChI is InChI=1S/C13H17O6P.C8H9NO/c1-8(14)9-4-5-11-10(6-9)7-12(13(2,3)18-11)19-20(15,16)17;1-6-3-2-4-7(5-6)8(9)10/h4-6,12H,7H2,1-3H3,(H2,15,16,17);2-5H,1H3,(H2,9,10). The Morgan fingerprint density at radius 2 is 1.83 bits per heavy atom. The van der Waals surface area contributed by atoms with Crippen molar-refractivity contribution < 1.29 is 33.2 Å². The monoisotopic (exact) mass is 435 g/mol. The van der Waals surface area contributed by atoms with Gasteiger partial charge in [-0.1, -0.05) is 17.7 Å². The van der Waals surface area contributed by atoms with Gasteiger partial charge in [0, 0.05) is 17.5 Å². The number of primary amides is 1. The first-order valence-electron chi connectivity index (χ1n) is 9.22. The van der Waals surface area contributed by atoms with E-state index in [1.165, 1.54) is 6.92 Å². The van der Waals surface area contributed by atoms with Crippen LogP contribution in [-0.2, 0) is 15.5 Å². The van der Waals surface area contributed by atoms with Gasteiger partial charge < -0.3 is 20.3 Å². The summed E-state index contributed by atoms with van der Waals surface area (Å²) in [5.41, 5.74) is 7.03. The number of amides is 1. The SMILES string of the molecule is CC(=O)c1ccc2c(c1)CC(OP(=O)(O)O)C(C)(C)O2.Cc1cccc(C(N)=O)c1. The average Bonchev–Trinajstić information content (AvgIpc) is 2.61. The fraction of sp³-hybridized carbons (Fsp3) is 0.333. The number of Topliss-reactive ketones (excluding diaryl/α,β-unsaturated/α-hetero) is 1. The summed E-state index contributed by atoms with van der Waals surface area (Å²) in [5, 5.41) is 0. The first kappa shape index (κ1) is 23.8. The van der Waals surface area contributed by atoms with E-state index in [-0.39, 0.29) is 18.1 Å². The van der Waals surface area contributed by atoms with E-state index in [0.717, 1.165) is 5.56 Å². The molecule has 1 unspecified atom stereocenters. The van der Waals surface area contributed by atoms with E-state index in [4.69, 9.17) is 24.8 Å². The van der Waals surface area contributed by atoms with E-state index < -0.39 is 19.5 Å². The summed E-state index contributed by atoms with van der Waals surface area (Å²) in [6, 6.07) is 12.2. The molecule has 8 nitrogen and oxygen atoms in total. The molecule has 0 aromatic heterocycles. The minimum absolute atomic E-state index is 0.0786. The Kier molecular flexibility index (Phi) is 7.21. The summed E-state index contributed by atoms with van der Waals surface area (Å²) in [5.74, 6) is 0.152. The Labute approximate surface area is 175 Å². The van der Waals surface area contributed by atoms with Crippen LogP contribution in [0.1, 0.15) is 52.6 Å². The van der Waals surface area contributed by atoms with E-state index in [2.05, 4.69) is 0 Å². The second kappa shape index (κ2) is 9.10. The normalized spacial score (nSPS) is 17.1. The van der Waals surface area contributed by atoms with Gasteiger partial charge in [-0.15, -0.1) is 0 Å². The summed E-state index contributed by atoms with van der Waals surface area (Å²) in [4.78, 5) is 39.9. The van der Waals surface area contributed by atoms with E-state index in [1.807, 2.05) is 19.1 Å². The Balaban J connectivity index is 0.000000269. The largest absolute Gasteiger partial charge is 0.485 e. The Bertz CT molecular complexity index is 997. The Hall–Kier alpha value is -2.51. The number of hydrogen-bond acceptors (Lipinski definition) is 5. The number of hydrogen-bond donors (Lipinski definition) is 3. The van der Waals surface area contributed by atoms with Crippen LogP contribution in [0.15, 0.2) is 42.5 Å². The van der Waals surface area contributed by atoms with E-state index in [0.29, 0.717) is 22.4 Å². The maximum Gasteiger partial charge on any atom is 0.470 e.